The summed E-state index contributed by atoms with van der Waals surface area (Å²) in [6, 6.07) is 3.14. The van der Waals surface area contributed by atoms with Crippen LogP contribution in [0.25, 0.3) is 0 Å². The van der Waals surface area contributed by atoms with Crippen LogP contribution in [0.2, 0.25) is 0 Å². The zero-order valence-electron chi connectivity index (χ0n) is 10.5. The van der Waals surface area contributed by atoms with Crippen LogP contribution in [0.4, 0.5) is 8.78 Å². The molecule has 100 valence electrons. The molecule has 1 fully saturated rings. The molecule has 1 heterocycles. The Balaban J connectivity index is 2.12. The molecule has 3 atom stereocenters. The van der Waals surface area contributed by atoms with Gasteiger partial charge in [0.05, 0.1) is 6.61 Å². The van der Waals surface area contributed by atoms with E-state index in [-0.39, 0.29) is 11.6 Å². The van der Waals surface area contributed by atoms with Gasteiger partial charge >= 0.3 is 0 Å². The summed E-state index contributed by atoms with van der Waals surface area (Å²) in [7, 11) is 0. The Hall–Kier alpha value is -1.00. The van der Waals surface area contributed by atoms with Gasteiger partial charge in [-0.15, -0.1) is 0 Å². The molecule has 0 radical (unpaired) electrons. The van der Waals surface area contributed by atoms with Crippen molar-refractivity contribution in [2.45, 2.75) is 38.3 Å². The van der Waals surface area contributed by atoms with E-state index in [1.807, 2.05) is 0 Å². The highest BCUT2D eigenvalue weighted by Gasteiger charge is 2.31. The van der Waals surface area contributed by atoms with Crippen LogP contribution < -0.4 is 5.73 Å². The molecule has 1 aromatic carbocycles. The highest BCUT2D eigenvalue weighted by Crippen LogP contribution is 2.33. The van der Waals surface area contributed by atoms with Gasteiger partial charge in [0.15, 0.2) is 0 Å². The summed E-state index contributed by atoms with van der Waals surface area (Å²) in [6.07, 6.45) is 2.41. The lowest BCUT2D eigenvalue weighted by Crippen LogP contribution is -2.39. The van der Waals surface area contributed by atoms with Gasteiger partial charge in [-0.2, -0.15) is 0 Å². The molecule has 1 aliphatic heterocycles. The summed E-state index contributed by atoms with van der Waals surface area (Å²) in [6.45, 7) is 2.69. The van der Waals surface area contributed by atoms with Gasteiger partial charge < -0.3 is 10.5 Å². The fourth-order valence-corrected chi connectivity index (χ4v) is 2.60. The molecule has 4 heteroatoms. The van der Waals surface area contributed by atoms with Crippen molar-refractivity contribution in [3.63, 3.8) is 0 Å². The highest BCUT2D eigenvalue weighted by atomic mass is 19.1. The monoisotopic (exact) mass is 255 g/mol. The van der Waals surface area contributed by atoms with Gasteiger partial charge in [0.1, 0.15) is 17.7 Å². The Morgan fingerprint density at radius 2 is 2.17 bits per heavy atom. The minimum absolute atomic E-state index is 0.234. The van der Waals surface area contributed by atoms with E-state index in [1.165, 1.54) is 6.07 Å². The van der Waals surface area contributed by atoms with Crippen molar-refractivity contribution in [2.24, 2.45) is 11.7 Å². The van der Waals surface area contributed by atoms with Crippen LogP contribution in [0.1, 0.15) is 37.9 Å². The molecule has 0 aliphatic carbocycles. The maximum Gasteiger partial charge on any atom is 0.129 e. The van der Waals surface area contributed by atoms with E-state index in [0.29, 0.717) is 12.5 Å². The predicted molar refractivity (Wildman–Crippen MR) is 66.0 cm³/mol. The van der Waals surface area contributed by atoms with Crippen LogP contribution in [0.15, 0.2) is 18.2 Å². The van der Waals surface area contributed by atoms with Crippen LogP contribution in [0.5, 0.6) is 0 Å². The summed E-state index contributed by atoms with van der Waals surface area (Å²) < 4.78 is 32.5. The second-order valence-corrected chi connectivity index (χ2v) is 4.97. The number of halogens is 2. The van der Waals surface area contributed by atoms with Crippen molar-refractivity contribution in [3.8, 4) is 0 Å². The quantitative estimate of drug-likeness (QED) is 0.900. The molecular formula is C14H19F2NO. The van der Waals surface area contributed by atoms with Crippen molar-refractivity contribution < 1.29 is 13.5 Å². The highest BCUT2D eigenvalue weighted by molar-refractivity contribution is 5.23. The molecule has 18 heavy (non-hydrogen) atoms. The molecule has 2 N–H and O–H groups in total. The molecule has 0 unspecified atom stereocenters. The molecule has 0 saturated carbocycles. The van der Waals surface area contributed by atoms with Crippen LogP contribution in [-0.2, 0) is 4.74 Å². The topological polar surface area (TPSA) is 35.2 Å². The zero-order valence-corrected chi connectivity index (χ0v) is 10.5. The minimum Gasteiger partial charge on any atom is -0.372 e. The third kappa shape index (κ3) is 2.87. The van der Waals surface area contributed by atoms with Crippen molar-refractivity contribution in [3.05, 3.63) is 35.4 Å². The Morgan fingerprint density at radius 3 is 2.83 bits per heavy atom. The molecule has 2 nitrogen and oxygen atoms in total. The summed E-state index contributed by atoms with van der Waals surface area (Å²) in [5.74, 6) is -0.485. The first-order chi connectivity index (χ1) is 8.61. The van der Waals surface area contributed by atoms with Crippen molar-refractivity contribution in [2.75, 3.05) is 6.61 Å². The second-order valence-electron chi connectivity index (χ2n) is 4.97. The van der Waals surface area contributed by atoms with Gasteiger partial charge in [0.25, 0.3) is 0 Å². The lowest BCUT2D eigenvalue weighted by molar-refractivity contribution is -0.0351. The number of hydrogen-bond donors (Lipinski definition) is 1. The third-order valence-electron chi connectivity index (χ3n) is 3.47. The number of nitrogens with two attached hydrogens (primary N) is 1. The van der Waals surface area contributed by atoms with E-state index in [4.69, 9.17) is 10.5 Å². The average molecular weight is 255 g/mol. The molecule has 0 aromatic heterocycles. The maximum atomic E-state index is 13.7. The van der Waals surface area contributed by atoms with Crippen molar-refractivity contribution >= 4 is 0 Å². The Kier molecular flexibility index (Phi) is 4.30. The first kappa shape index (κ1) is 13.4. The standard InChI is InChI=1S/C14H19F2NO/c1-2-3-9-6-13(17)14(18-8-9)11-7-10(15)4-5-12(11)16/h4-5,7,9,13-14H,2-3,6,8,17H2,1H3/t9-,13+,14-/m1/s1. The van der Waals surface area contributed by atoms with Crippen molar-refractivity contribution in [1.29, 1.82) is 0 Å². The second kappa shape index (κ2) is 5.76. The summed E-state index contributed by atoms with van der Waals surface area (Å²) in [5.41, 5.74) is 6.27. The summed E-state index contributed by atoms with van der Waals surface area (Å²) >= 11 is 0. The average Bonchev–Trinajstić information content (AvgIpc) is 2.33. The predicted octanol–water partition coefficient (Wildman–Crippen LogP) is 3.17. The summed E-state index contributed by atoms with van der Waals surface area (Å²) in [4.78, 5) is 0. The SMILES string of the molecule is CCC[C@H]1CO[C@H](c2cc(F)ccc2F)[C@@H](N)C1. The smallest absolute Gasteiger partial charge is 0.129 e. The molecule has 0 spiro atoms. The summed E-state index contributed by atoms with van der Waals surface area (Å²) in [5, 5.41) is 0. The maximum absolute atomic E-state index is 13.7. The number of hydrogen-bond acceptors (Lipinski definition) is 2. The Bertz CT molecular complexity index is 411. The number of rotatable bonds is 3. The Morgan fingerprint density at radius 1 is 1.39 bits per heavy atom. The number of benzene rings is 1. The lowest BCUT2D eigenvalue weighted by atomic mass is 9.88. The van der Waals surface area contributed by atoms with Gasteiger partial charge in [-0.3, -0.25) is 0 Å². The molecule has 0 amide bonds. The molecule has 1 saturated heterocycles. The van der Waals surface area contributed by atoms with Gasteiger partial charge in [0, 0.05) is 11.6 Å². The minimum atomic E-state index is -0.534. The van der Waals surface area contributed by atoms with Crippen molar-refractivity contribution in [1.82, 2.24) is 0 Å². The van der Waals surface area contributed by atoms with E-state index in [0.717, 1.165) is 31.4 Å². The zero-order chi connectivity index (χ0) is 13.1. The van der Waals surface area contributed by atoms with Gasteiger partial charge in [-0.05, 0) is 37.0 Å². The third-order valence-corrected chi connectivity index (χ3v) is 3.47. The molecule has 1 aromatic rings. The fourth-order valence-electron chi connectivity index (χ4n) is 2.60. The van der Waals surface area contributed by atoms with Gasteiger partial charge in [0.2, 0.25) is 0 Å². The van der Waals surface area contributed by atoms with Crippen LogP contribution in [0.3, 0.4) is 0 Å². The molecule has 2 rings (SSSR count). The van der Waals surface area contributed by atoms with Gasteiger partial charge in [-0.1, -0.05) is 13.3 Å². The molecule has 1 aliphatic rings. The van der Waals surface area contributed by atoms with E-state index in [1.54, 1.807) is 0 Å². The fraction of sp³-hybridized carbons (Fsp3) is 0.571. The molecular weight excluding hydrogens is 236 g/mol. The van der Waals surface area contributed by atoms with Crippen LogP contribution in [0, 0.1) is 17.6 Å². The van der Waals surface area contributed by atoms with E-state index in [9.17, 15) is 8.78 Å². The van der Waals surface area contributed by atoms with Crippen LogP contribution in [-0.4, -0.2) is 12.6 Å². The lowest BCUT2D eigenvalue weighted by Gasteiger charge is -2.34. The largest absolute Gasteiger partial charge is 0.372 e. The van der Waals surface area contributed by atoms with E-state index in [2.05, 4.69) is 6.92 Å². The Labute approximate surface area is 106 Å². The van der Waals surface area contributed by atoms with E-state index < -0.39 is 17.7 Å². The molecule has 0 bridgehead atoms. The first-order valence-electron chi connectivity index (χ1n) is 6.44. The van der Waals surface area contributed by atoms with E-state index >= 15 is 0 Å². The van der Waals surface area contributed by atoms with Gasteiger partial charge in [-0.25, -0.2) is 8.78 Å². The first-order valence-corrected chi connectivity index (χ1v) is 6.44. The van der Waals surface area contributed by atoms with Crippen LogP contribution >= 0.6 is 0 Å². The normalized spacial score (nSPS) is 28.3. The number of ether oxygens (including phenoxy) is 1.